The predicted octanol–water partition coefficient (Wildman–Crippen LogP) is 1.79. The van der Waals surface area contributed by atoms with E-state index in [9.17, 15) is 14.7 Å². The Morgan fingerprint density at radius 3 is 2.71 bits per heavy atom. The number of carboxylic acid groups (broad SMARTS) is 1. The Balaban J connectivity index is 1.80. The minimum absolute atomic E-state index is 0.00988. The molecule has 114 valence electrons. The molecule has 0 bridgehead atoms. The third-order valence-electron chi connectivity index (χ3n) is 3.56. The number of carboxylic acids is 1. The van der Waals surface area contributed by atoms with Crippen LogP contribution < -0.4 is 5.32 Å². The van der Waals surface area contributed by atoms with Crippen molar-refractivity contribution in [1.29, 1.82) is 0 Å². The van der Waals surface area contributed by atoms with E-state index in [-0.39, 0.29) is 19.8 Å². The number of aliphatic carboxylic acids is 1. The number of benzene rings is 1. The molecule has 1 aliphatic heterocycles. The fourth-order valence-corrected chi connectivity index (χ4v) is 2.25. The summed E-state index contributed by atoms with van der Waals surface area (Å²) in [6.45, 7) is 0.841. The molecule has 1 fully saturated rings. The Morgan fingerprint density at radius 2 is 2.10 bits per heavy atom. The first kappa shape index (κ1) is 15.3. The van der Waals surface area contributed by atoms with Crippen LogP contribution in [0.3, 0.4) is 0 Å². The Labute approximate surface area is 123 Å². The molecule has 2 N–H and O–H groups in total. The van der Waals surface area contributed by atoms with Gasteiger partial charge in [-0.2, -0.15) is 0 Å². The molecule has 6 nitrogen and oxygen atoms in total. The highest BCUT2D eigenvalue weighted by Gasteiger charge is 2.41. The number of carbonyl (C=O) groups is 2. The van der Waals surface area contributed by atoms with Gasteiger partial charge in [0.1, 0.15) is 12.0 Å². The lowest BCUT2D eigenvalue weighted by atomic mass is 9.82. The Morgan fingerprint density at radius 1 is 1.33 bits per heavy atom. The lowest BCUT2D eigenvalue weighted by molar-refractivity contribution is -0.156. The maximum atomic E-state index is 11.7. The molecule has 0 saturated carbocycles. The van der Waals surface area contributed by atoms with Gasteiger partial charge in [-0.1, -0.05) is 30.3 Å². The summed E-state index contributed by atoms with van der Waals surface area (Å²) in [5.74, 6) is -0.953. The van der Waals surface area contributed by atoms with Crippen LogP contribution in [0.25, 0.3) is 0 Å². The molecule has 1 aromatic carbocycles. The summed E-state index contributed by atoms with van der Waals surface area (Å²) in [6, 6.07) is 9.29. The number of hydrogen-bond donors (Lipinski definition) is 2. The van der Waals surface area contributed by atoms with E-state index >= 15 is 0 Å². The van der Waals surface area contributed by atoms with Gasteiger partial charge in [0, 0.05) is 13.2 Å². The first-order valence-corrected chi connectivity index (χ1v) is 6.88. The molecular weight excluding hydrogens is 274 g/mol. The average molecular weight is 293 g/mol. The van der Waals surface area contributed by atoms with Crippen molar-refractivity contribution in [3.05, 3.63) is 35.9 Å². The van der Waals surface area contributed by atoms with Crippen LogP contribution in [0.5, 0.6) is 0 Å². The van der Waals surface area contributed by atoms with Crippen molar-refractivity contribution in [2.75, 3.05) is 19.8 Å². The zero-order valence-corrected chi connectivity index (χ0v) is 11.7. The van der Waals surface area contributed by atoms with Crippen molar-refractivity contribution in [1.82, 2.24) is 5.32 Å². The normalized spacial score (nSPS) is 21.5. The Hall–Kier alpha value is -2.08. The molecule has 1 aliphatic rings. The topological polar surface area (TPSA) is 84.9 Å². The minimum atomic E-state index is -1.05. The quantitative estimate of drug-likeness (QED) is 0.864. The van der Waals surface area contributed by atoms with E-state index in [1.54, 1.807) is 0 Å². The summed E-state index contributed by atoms with van der Waals surface area (Å²) in [5.41, 5.74) is -0.175. The second-order valence-corrected chi connectivity index (χ2v) is 5.16. The third kappa shape index (κ3) is 4.19. The number of rotatable bonds is 5. The first-order valence-electron chi connectivity index (χ1n) is 6.88. The summed E-state index contributed by atoms with van der Waals surface area (Å²) in [6.07, 6.45) is 0.541. The van der Waals surface area contributed by atoms with Gasteiger partial charge in [-0.25, -0.2) is 4.79 Å². The molecule has 0 aromatic heterocycles. The van der Waals surface area contributed by atoms with Gasteiger partial charge in [-0.15, -0.1) is 0 Å². The molecule has 1 unspecified atom stereocenters. The van der Waals surface area contributed by atoms with Crippen LogP contribution >= 0.6 is 0 Å². The third-order valence-corrected chi connectivity index (χ3v) is 3.56. The fourth-order valence-electron chi connectivity index (χ4n) is 2.25. The molecule has 2 rings (SSSR count). The molecule has 1 atom stereocenters. The van der Waals surface area contributed by atoms with Crippen molar-refractivity contribution < 1.29 is 24.2 Å². The highest BCUT2D eigenvalue weighted by Crippen LogP contribution is 2.28. The largest absolute Gasteiger partial charge is 0.481 e. The molecule has 0 aliphatic carbocycles. The van der Waals surface area contributed by atoms with Gasteiger partial charge in [-0.3, -0.25) is 4.79 Å². The van der Waals surface area contributed by atoms with Gasteiger partial charge >= 0.3 is 12.1 Å². The van der Waals surface area contributed by atoms with Crippen LogP contribution in [0.1, 0.15) is 18.4 Å². The van der Waals surface area contributed by atoms with E-state index in [4.69, 9.17) is 9.47 Å². The summed E-state index contributed by atoms with van der Waals surface area (Å²) in [5, 5.41) is 11.9. The lowest BCUT2D eigenvalue weighted by Crippen LogP contribution is -2.48. The highest BCUT2D eigenvalue weighted by molar-refractivity contribution is 5.76. The van der Waals surface area contributed by atoms with Crippen LogP contribution in [0, 0.1) is 5.41 Å². The summed E-state index contributed by atoms with van der Waals surface area (Å²) < 4.78 is 10.3. The zero-order chi connectivity index (χ0) is 15.1. The van der Waals surface area contributed by atoms with Crippen molar-refractivity contribution in [3.8, 4) is 0 Å². The van der Waals surface area contributed by atoms with Crippen LogP contribution in [-0.4, -0.2) is 36.9 Å². The monoisotopic (exact) mass is 293 g/mol. The molecule has 1 aromatic rings. The average Bonchev–Trinajstić information content (AvgIpc) is 2.52. The fraction of sp³-hybridized carbons (Fsp3) is 0.467. The first-order chi connectivity index (χ1) is 10.1. The van der Waals surface area contributed by atoms with Gasteiger partial charge in [0.2, 0.25) is 0 Å². The van der Waals surface area contributed by atoms with Gasteiger partial charge in [0.25, 0.3) is 0 Å². The Kier molecular flexibility index (Phi) is 5.16. The van der Waals surface area contributed by atoms with E-state index in [2.05, 4.69) is 5.32 Å². The van der Waals surface area contributed by atoms with E-state index in [0.29, 0.717) is 19.4 Å². The second-order valence-electron chi connectivity index (χ2n) is 5.16. The maximum absolute atomic E-state index is 11.7. The maximum Gasteiger partial charge on any atom is 0.407 e. The Bertz CT molecular complexity index is 482. The van der Waals surface area contributed by atoms with Crippen molar-refractivity contribution in [3.63, 3.8) is 0 Å². The molecular formula is C15H19NO5. The summed E-state index contributed by atoms with van der Waals surface area (Å²) >= 11 is 0. The van der Waals surface area contributed by atoms with Gasteiger partial charge in [0.05, 0.1) is 6.61 Å². The number of hydrogen-bond acceptors (Lipinski definition) is 4. The smallest absolute Gasteiger partial charge is 0.407 e. The van der Waals surface area contributed by atoms with Gasteiger partial charge in [-0.05, 0) is 18.4 Å². The molecule has 0 spiro atoms. The van der Waals surface area contributed by atoms with E-state index in [1.807, 2.05) is 30.3 Å². The van der Waals surface area contributed by atoms with Crippen LogP contribution in [0.15, 0.2) is 30.3 Å². The van der Waals surface area contributed by atoms with Gasteiger partial charge in [0.15, 0.2) is 0 Å². The van der Waals surface area contributed by atoms with Crippen LogP contribution in [-0.2, 0) is 20.9 Å². The number of nitrogens with one attached hydrogen (secondary N) is 1. The van der Waals surface area contributed by atoms with Crippen molar-refractivity contribution in [2.24, 2.45) is 5.41 Å². The van der Waals surface area contributed by atoms with Gasteiger partial charge < -0.3 is 19.9 Å². The predicted molar refractivity (Wildman–Crippen MR) is 74.8 cm³/mol. The van der Waals surface area contributed by atoms with Crippen molar-refractivity contribution in [2.45, 2.75) is 19.4 Å². The number of amides is 1. The molecule has 1 saturated heterocycles. The molecule has 6 heteroatoms. The molecule has 1 amide bonds. The molecule has 21 heavy (non-hydrogen) atoms. The van der Waals surface area contributed by atoms with Crippen LogP contribution in [0.4, 0.5) is 4.79 Å². The lowest BCUT2D eigenvalue weighted by Gasteiger charge is -2.32. The number of carbonyl (C=O) groups excluding carboxylic acids is 1. The molecule has 1 heterocycles. The SMILES string of the molecule is O=C(NCC1(C(=O)O)CCCOC1)OCc1ccccc1. The second kappa shape index (κ2) is 7.08. The molecule has 0 radical (unpaired) electrons. The van der Waals surface area contributed by atoms with E-state index in [1.165, 1.54) is 0 Å². The van der Waals surface area contributed by atoms with Crippen molar-refractivity contribution >= 4 is 12.1 Å². The highest BCUT2D eigenvalue weighted by atomic mass is 16.5. The number of alkyl carbamates (subject to hydrolysis) is 1. The van der Waals surface area contributed by atoms with E-state index in [0.717, 1.165) is 5.56 Å². The zero-order valence-electron chi connectivity index (χ0n) is 11.7. The summed E-state index contributed by atoms with van der Waals surface area (Å²) in [7, 11) is 0. The summed E-state index contributed by atoms with van der Waals surface area (Å²) in [4.78, 5) is 23.1. The number of ether oxygens (including phenoxy) is 2. The standard InChI is InChI=1S/C15H19NO5/c17-13(18)15(7-4-8-20-11-15)10-16-14(19)21-9-12-5-2-1-3-6-12/h1-3,5-6H,4,7-11H2,(H,16,19)(H,17,18). The van der Waals surface area contributed by atoms with E-state index < -0.39 is 17.5 Å². The minimum Gasteiger partial charge on any atom is -0.481 e. The van der Waals surface area contributed by atoms with Crippen LogP contribution in [0.2, 0.25) is 0 Å².